The highest BCUT2D eigenvalue weighted by atomic mass is 16.3. The highest BCUT2D eigenvalue weighted by molar-refractivity contribution is 6.02. The fourth-order valence-electron chi connectivity index (χ4n) is 16.8. The third-order valence-electron chi connectivity index (χ3n) is 25.4. The molecule has 0 aliphatic rings. The average Bonchev–Trinajstić information content (AvgIpc) is 0.756. The summed E-state index contributed by atoms with van der Waals surface area (Å²) >= 11 is 0. The largest absolute Gasteiger partial charge is 0.493 e. The Bertz CT molecular complexity index is 3800. The third kappa shape index (κ3) is 29.8. The van der Waals surface area contributed by atoms with Gasteiger partial charge >= 0.3 is 0 Å². The molecule has 0 bridgehead atoms. The van der Waals surface area contributed by atoms with Gasteiger partial charge in [0.15, 0.2) is 11.4 Å². The zero-order chi connectivity index (χ0) is 88.4. The lowest BCUT2D eigenvalue weighted by Crippen LogP contribution is -2.40. The molecular weight excluding hydrogens is 1500 g/mol. The van der Waals surface area contributed by atoms with Crippen LogP contribution in [-0.2, 0) is 0 Å². The van der Waals surface area contributed by atoms with Crippen LogP contribution in [0, 0.1) is 83.9 Å². The first kappa shape index (κ1) is 102. The Labute approximate surface area is 722 Å². The molecule has 8 atom stereocenters. The quantitative estimate of drug-likeness (QED) is 0.0348. The SMILES string of the molecule is CCCCC(CC)CN(CC(CC)CCCC)C(=O)c1cc(N=Nc2c(C)c(C#N)c(=O)n(-c3cccc(-n4c(O)c(N=Nc5cc(C(=O)N(CC(CC)CCCC)CC(CC)CCCC)cc(C(=O)N(CC(CC)CCCC)CC(CC)CCCC)c5)c(C)c(C#N)c4=O)c3)c2O)cc(C(=O)N(CC(CC)CCCC)CC(CC)CCCC)c1. The minimum absolute atomic E-state index is 0.00921. The molecule has 2 N–H and O–H groups in total. The first-order chi connectivity index (χ1) is 57.9. The number of amides is 4. The molecule has 5 aromatic rings. The van der Waals surface area contributed by atoms with Gasteiger partial charge in [-0.25, -0.2) is 9.13 Å². The van der Waals surface area contributed by atoms with Crippen molar-refractivity contribution in [3.8, 4) is 35.3 Å². The van der Waals surface area contributed by atoms with E-state index in [4.69, 9.17) is 10.2 Å². The van der Waals surface area contributed by atoms with Crippen LogP contribution in [0.4, 0.5) is 22.7 Å². The number of nitrogens with zero attached hydrogens (tertiary/aromatic N) is 12. The molecule has 2 aromatic heterocycles. The molecule has 20 nitrogen and oxygen atoms in total. The number of hydrogen-bond donors (Lipinski definition) is 2. The van der Waals surface area contributed by atoms with Crippen molar-refractivity contribution in [1.29, 1.82) is 10.5 Å². The molecule has 4 amide bonds. The molecule has 3 aromatic carbocycles. The molecule has 0 saturated carbocycles. The van der Waals surface area contributed by atoms with Crippen molar-refractivity contribution in [1.82, 2.24) is 28.7 Å². The first-order valence-corrected chi connectivity index (χ1v) is 47.1. The second kappa shape index (κ2) is 54.6. The number of nitriles is 2. The summed E-state index contributed by atoms with van der Waals surface area (Å²) in [6, 6.07) is 19.7. The molecule has 0 spiro atoms. The molecule has 0 fully saturated rings. The van der Waals surface area contributed by atoms with Gasteiger partial charge in [-0.2, -0.15) is 20.8 Å². The number of azo groups is 2. The summed E-state index contributed by atoms with van der Waals surface area (Å²) < 4.78 is 1.70. The summed E-state index contributed by atoms with van der Waals surface area (Å²) in [6.45, 7) is 42.1. The number of unbranched alkanes of at least 4 members (excludes halogenated alkanes) is 8. The van der Waals surface area contributed by atoms with E-state index in [9.17, 15) is 30.3 Å². The van der Waals surface area contributed by atoms with E-state index in [1.807, 2.05) is 31.7 Å². The molecule has 8 unspecified atom stereocenters. The summed E-state index contributed by atoms with van der Waals surface area (Å²) in [5, 5.41) is 65.8. The van der Waals surface area contributed by atoms with E-state index in [0.29, 0.717) is 52.4 Å². The molecule has 20 heteroatoms. The number of pyridine rings is 2. The van der Waals surface area contributed by atoms with Crippen molar-refractivity contribution in [3.63, 3.8) is 0 Å². The van der Waals surface area contributed by atoms with Crippen LogP contribution in [0.3, 0.4) is 0 Å². The number of carbonyl (C=O) groups is 4. The van der Waals surface area contributed by atoms with Crippen LogP contribution in [-0.4, -0.2) is 115 Å². The van der Waals surface area contributed by atoms with Crippen LogP contribution >= 0.6 is 0 Å². The van der Waals surface area contributed by atoms with Crippen LogP contribution in [0.15, 0.2) is 90.7 Å². The minimum atomic E-state index is -0.948. The summed E-state index contributed by atoms with van der Waals surface area (Å²) in [6.07, 6.45) is 31.3. The lowest BCUT2D eigenvalue weighted by Gasteiger charge is -2.32. The van der Waals surface area contributed by atoms with Gasteiger partial charge in [-0.15, -0.1) is 10.2 Å². The van der Waals surface area contributed by atoms with Crippen molar-refractivity contribution in [2.75, 3.05) is 52.4 Å². The monoisotopic (exact) mass is 1650 g/mol. The lowest BCUT2D eigenvalue weighted by atomic mass is 9.94. The van der Waals surface area contributed by atoms with Gasteiger partial charge in [0.1, 0.15) is 23.3 Å². The van der Waals surface area contributed by atoms with Crippen molar-refractivity contribution in [3.05, 3.63) is 126 Å². The molecular formula is C100H154N12O8. The number of hydrogen-bond acceptors (Lipinski definition) is 14. The van der Waals surface area contributed by atoms with Crippen LogP contribution in [0.1, 0.15) is 380 Å². The molecule has 0 aliphatic heterocycles. The maximum atomic E-state index is 15.7. The molecule has 2 heterocycles. The van der Waals surface area contributed by atoms with Gasteiger partial charge in [0.2, 0.25) is 11.8 Å². The van der Waals surface area contributed by atoms with E-state index in [0.717, 1.165) is 215 Å². The summed E-state index contributed by atoms with van der Waals surface area (Å²) in [4.78, 5) is 100. The van der Waals surface area contributed by atoms with Crippen LogP contribution in [0.2, 0.25) is 0 Å². The smallest absolute Gasteiger partial charge is 0.276 e. The van der Waals surface area contributed by atoms with E-state index in [-0.39, 0.29) is 138 Å². The number of aromatic hydroxyl groups is 2. The van der Waals surface area contributed by atoms with Crippen molar-refractivity contribution in [2.45, 2.75) is 330 Å². The zero-order valence-corrected chi connectivity index (χ0v) is 77.4. The number of rotatable bonds is 58. The van der Waals surface area contributed by atoms with Gasteiger partial charge in [0.25, 0.3) is 34.7 Å². The second-order valence-electron chi connectivity index (χ2n) is 34.5. The van der Waals surface area contributed by atoms with Crippen LogP contribution < -0.4 is 11.1 Å². The molecule has 120 heavy (non-hydrogen) atoms. The Kier molecular flexibility index (Phi) is 46.3. The van der Waals surface area contributed by atoms with Gasteiger partial charge in [0, 0.05) is 85.7 Å². The second-order valence-corrected chi connectivity index (χ2v) is 34.5. The third-order valence-corrected chi connectivity index (χ3v) is 25.4. The maximum Gasteiger partial charge on any atom is 0.276 e. The topological polar surface area (TPSA) is 263 Å². The zero-order valence-electron chi connectivity index (χ0n) is 77.4. The van der Waals surface area contributed by atoms with Crippen molar-refractivity contribution >= 4 is 46.4 Å². The molecule has 0 aliphatic carbocycles. The predicted molar refractivity (Wildman–Crippen MR) is 491 cm³/mol. The fraction of sp³-hybridized carbons (Fsp3) is 0.660. The number of benzene rings is 3. The molecule has 0 radical (unpaired) electrons. The molecule has 662 valence electrons. The standard InChI is InChI=1S/C100H154N12O8/c1-19-35-44-73(27-9)63-107(64-74(28-10)45-36-20-2)93(113)81-54-82(94(114)108(65-75(29-11)46-37-21-3)66-76(30-12)47-38-22-4)57-85(56-81)103-105-91-71(17)89(61-101)97(117)111(99(91)119)87-52-43-53-88(60-87)112-98(118)90(62-102)72(18)92(100(112)120)106-104-86-58-83(95(115)109(67-77(31-13)48-39-23-5)68-78(32-14)49-40-24-6)55-84(59-86)96(116)110(69-79(33-15)50-41-25-7)70-80(34-16)51-42-26-8/h43,52-60,73-80,119-120H,19-42,44-51,63-70H2,1-18H3. The molecule has 0 saturated heterocycles. The number of aromatic nitrogens is 2. The van der Waals surface area contributed by atoms with E-state index in [1.54, 1.807) is 36.4 Å². The number of carbonyl (C=O) groups excluding carboxylic acids is 4. The summed E-state index contributed by atoms with van der Waals surface area (Å²) in [5.41, 5.74) is -2.12. The predicted octanol–water partition coefficient (Wildman–Crippen LogP) is 26.1. The Morgan fingerprint density at radius 3 is 0.733 bits per heavy atom. The van der Waals surface area contributed by atoms with Crippen LogP contribution in [0.25, 0.3) is 11.4 Å². The normalized spacial score (nSPS) is 13.7. The molecule has 5 rings (SSSR count). The summed E-state index contributed by atoms with van der Waals surface area (Å²) in [7, 11) is 0. The van der Waals surface area contributed by atoms with Gasteiger partial charge in [0.05, 0.1) is 22.7 Å². The average molecular weight is 1650 g/mol. The van der Waals surface area contributed by atoms with E-state index >= 15 is 19.2 Å². The Balaban J connectivity index is 1.82. The Morgan fingerprint density at radius 2 is 0.550 bits per heavy atom. The van der Waals surface area contributed by atoms with Gasteiger partial charge < -0.3 is 29.8 Å². The maximum absolute atomic E-state index is 15.7. The fourth-order valence-corrected chi connectivity index (χ4v) is 16.8. The Hall–Kier alpha value is -8.78. The Morgan fingerprint density at radius 1 is 0.342 bits per heavy atom. The van der Waals surface area contributed by atoms with Crippen LogP contribution in [0.5, 0.6) is 11.8 Å². The van der Waals surface area contributed by atoms with Gasteiger partial charge in [-0.1, -0.05) is 271 Å². The van der Waals surface area contributed by atoms with Gasteiger partial charge in [-0.05, 0) is 167 Å². The van der Waals surface area contributed by atoms with E-state index < -0.39 is 34.0 Å². The van der Waals surface area contributed by atoms with E-state index in [1.165, 1.54) is 38.1 Å². The van der Waals surface area contributed by atoms with Crippen molar-refractivity contribution < 1.29 is 29.4 Å². The minimum Gasteiger partial charge on any atom is -0.493 e. The lowest BCUT2D eigenvalue weighted by molar-refractivity contribution is 0.0669. The van der Waals surface area contributed by atoms with E-state index in [2.05, 4.69) is 121 Å². The van der Waals surface area contributed by atoms with Gasteiger partial charge in [-0.3, -0.25) is 28.8 Å². The summed E-state index contributed by atoms with van der Waals surface area (Å²) in [5.74, 6) is -0.424. The highest BCUT2D eigenvalue weighted by Gasteiger charge is 2.32. The first-order valence-electron chi connectivity index (χ1n) is 47.1. The van der Waals surface area contributed by atoms with Crippen molar-refractivity contribution in [2.24, 2.45) is 67.8 Å². The highest BCUT2D eigenvalue weighted by Crippen LogP contribution is 2.39.